The summed E-state index contributed by atoms with van der Waals surface area (Å²) in [5, 5.41) is 11.1. The first-order valence-corrected chi connectivity index (χ1v) is 8.86. The van der Waals surface area contributed by atoms with Gasteiger partial charge in [0.25, 0.3) is 5.91 Å². The molecule has 1 aliphatic heterocycles. The third-order valence-electron chi connectivity index (χ3n) is 5.21. The molecule has 1 amide bonds. The summed E-state index contributed by atoms with van der Waals surface area (Å²) in [5.41, 5.74) is 5.06. The van der Waals surface area contributed by atoms with Crippen molar-refractivity contribution < 1.29 is 9.90 Å². The zero-order valence-corrected chi connectivity index (χ0v) is 15.1. The Bertz CT molecular complexity index is 944. The number of aliphatic hydroxyl groups excluding tert-OH is 1. The fourth-order valence-corrected chi connectivity index (χ4v) is 3.74. The van der Waals surface area contributed by atoms with Crippen LogP contribution in [-0.2, 0) is 13.0 Å². The minimum Gasteiger partial charge on any atom is -0.394 e. The van der Waals surface area contributed by atoms with Crippen LogP contribution in [0.5, 0.6) is 0 Å². The first kappa shape index (κ1) is 16.7. The summed E-state index contributed by atoms with van der Waals surface area (Å²) in [6.07, 6.45) is 0.664. The van der Waals surface area contributed by atoms with Gasteiger partial charge in [0.1, 0.15) is 0 Å². The number of para-hydroxylation sites is 1. The Hall–Kier alpha value is -2.79. The molecule has 26 heavy (non-hydrogen) atoms. The maximum Gasteiger partial charge on any atom is 0.254 e. The summed E-state index contributed by atoms with van der Waals surface area (Å²) < 4.78 is 0. The quantitative estimate of drug-likeness (QED) is 0.764. The van der Waals surface area contributed by atoms with Gasteiger partial charge in [-0.3, -0.25) is 4.79 Å². The first-order chi connectivity index (χ1) is 12.6. The van der Waals surface area contributed by atoms with E-state index in [0.29, 0.717) is 18.5 Å². The molecule has 3 aromatic rings. The fourth-order valence-electron chi connectivity index (χ4n) is 3.74. The number of benzene rings is 2. The molecule has 134 valence electrons. The van der Waals surface area contributed by atoms with Crippen LogP contribution >= 0.6 is 0 Å². The minimum absolute atomic E-state index is 0.0412. The first-order valence-electron chi connectivity index (χ1n) is 8.86. The number of hydrogen-bond acceptors (Lipinski definition) is 3. The lowest BCUT2D eigenvalue weighted by molar-refractivity contribution is 0.0541. The zero-order chi connectivity index (χ0) is 18.3. The number of amides is 1. The number of anilines is 1. The topological polar surface area (TPSA) is 59.6 Å². The SMILES string of the molecule is CN(C)c1ccc(C(=O)N2Cc3[nH]c4ccccc4c3CC2CO)cc1. The Morgan fingerprint density at radius 3 is 2.62 bits per heavy atom. The summed E-state index contributed by atoms with van der Waals surface area (Å²) >= 11 is 0. The molecule has 1 aromatic heterocycles. The summed E-state index contributed by atoms with van der Waals surface area (Å²) in [7, 11) is 3.95. The zero-order valence-electron chi connectivity index (χ0n) is 15.1. The molecular weight excluding hydrogens is 326 g/mol. The molecule has 0 aliphatic carbocycles. The van der Waals surface area contributed by atoms with E-state index in [1.54, 1.807) is 4.90 Å². The van der Waals surface area contributed by atoms with Crippen LogP contribution in [0.1, 0.15) is 21.6 Å². The van der Waals surface area contributed by atoms with Gasteiger partial charge >= 0.3 is 0 Å². The van der Waals surface area contributed by atoms with Crippen LogP contribution in [-0.4, -0.2) is 47.6 Å². The van der Waals surface area contributed by atoms with Gasteiger partial charge in [-0.2, -0.15) is 0 Å². The van der Waals surface area contributed by atoms with Crippen molar-refractivity contribution in [3.63, 3.8) is 0 Å². The fraction of sp³-hybridized carbons (Fsp3) is 0.286. The number of aromatic amines is 1. The maximum atomic E-state index is 13.1. The molecule has 0 bridgehead atoms. The van der Waals surface area contributed by atoms with Crippen LogP contribution < -0.4 is 4.90 Å². The predicted molar refractivity (Wildman–Crippen MR) is 104 cm³/mol. The van der Waals surface area contributed by atoms with Crippen molar-refractivity contribution in [1.29, 1.82) is 0 Å². The van der Waals surface area contributed by atoms with E-state index < -0.39 is 0 Å². The third kappa shape index (κ3) is 2.74. The number of nitrogens with zero attached hydrogens (tertiary/aromatic N) is 2. The van der Waals surface area contributed by atoms with Crippen LogP contribution in [0.4, 0.5) is 5.69 Å². The minimum atomic E-state index is -0.206. The summed E-state index contributed by atoms with van der Waals surface area (Å²) in [5.74, 6) is -0.0429. The molecule has 0 fully saturated rings. The summed E-state index contributed by atoms with van der Waals surface area (Å²) in [6.45, 7) is 0.448. The number of aromatic nitrogens is 1. The standard InChI is InChI=1S/C21H23N3O2/c1-23(2)15-9-7-14(8-10-15)21(26)24-12-20-18(11-16(24)13-25)17-5-3-4-6-19(17)22-20/h3-10,16,22,25H,11-13H2,1-2H3. The largest absolute Gasteiger partial charge is 0.394 e. The normalized spacial score (nSPS) is 16.6. The molecule has 1 atom stereocenters. The van der Waals surface area contributed by atoms with Crippen molar-refractivity contribution in [2.24, 2.45) is 0 Å². The van der Waals surface area contributed by atoms with Crippen molar-refractivity contribution in [3.8, 4) is 0 Å². The molecule has 2 N–H and O–H groups in total. The molecule has 5 nitrogen and oxygen atoms in total. The van der Waals surface area contributed by atoms with E-state index >= 15 is 0 Å². The van der Waals surface area contributed by atoms with E-state index in [1.807, 2.05) is 61.5 Å². The van der Waals surface area contributed by atoms with Crippen molar-refractivity contribution in [1.82, 2.24) is 9.88 Å². The highest BCUT2D eigenvalue weighted by molar-refractivity contribution is 5.95. The van der Waals surface area contributed by atoms with Crippen molar-refractivity contribution in [2.45, 2.75) is 19.0 Å². The van der Waals surface area contributed by atoms with Gasteiger partial charge in [0.05, 0.1) is 19.2 Å². The van der Waals surface area contributed by atoms with Gasteiger partial charge in [-0.25, -0.2) is 0 Å². The Morgan fingerprint density at radius 1 is 1.19 bits per heavy atom. The summed E-state index contributed by atoms with van der Waals surface area (Å²) in [6, 6.07) is 15.6. The summed E-state index contributed by atoms with van der Waals surface area (Å²) in [4.78, 5) is 20.3. The van der Waals surface area contributed by atoms with Gasteiger partial charge in [0, 0.05) is 41.9 Å². The monoisotopic (exact) mass is 349 g/mol. The highest BCUT2D eigenvalue weighted by Crippen LogP contribution is 2.31. The highest BCUT2D eigenvalue weighted by atomic mass is 16.3. The van der Waals surface area contributed by atoms with Crippen LogP contribution in [0.15, 0.2) is 48.5 Å². The number of carbonyl (C=O) groups is 1. The molecule has 0 saturated carbocycles. The van der Waals surface area contributed by atoms with E-state index in [9.17, 15) is 9.90 Å². The van der Waals surface area contributed by atoms with Crippen molar-refractivity contribution in [3.05, 3.63) is 65.4 Å². The molecule has 1 aliphatic rings. The lowest BCUT2D eigenvalue weighted by Crippen LogP contribution is -2.46. The average Bonchev–Trinajstić information content (AvgIpc) is 3.04. The van der Waals surface area contributed by atoms with Crippen LogP contribution in [0.25, 0.3) is 10.9 Å². The van der Waals surface area contributed by atoms with Gasteiger partial charge in [-0.05, 0) is 42.3 Å². The second-order valence-corrected chi connectivity index (χ2v) is 7.04. The number of carbonyl (C=O) groups excluding carboxylic acids is 1. The number of hydrogen-bond donors (Lipinski definition) is 2. The van der Waals surface area contributed by atoms with E-state index in [-0.39, 0.29) is 18.6 Å². The van der Waals surface area contributed by atoms with Gasteiger partial charge in [0.15, 0.2) is 0 Å². The van der Waals surface area contributed by atoms with Gasteiger partial charge in [0.2, 0.25) is 0 Å². The van der Waals surface area contributed by atoms with Crippen LogP contribution in [0.2, 0.25) is 0 Å². The Kier molecular flexibility index (Phi) is 4.17. The molecule has 2 heterocycles. The number of fused-ring (bicyclic) bond motifs is 3. The van der Waals surface area contributed by atoms with E-state index in [2.05, 4.69) is 11.1 Å². The average molecular weight is 349 g/mol. The Morgan fingerprint density at radius 2 is 1.92 bits per heavy atom. The predicted octanol–water partition coefficient (Wildman–Crippen LogP) is 2.79. The van der Waals surface area contributed by atoms with Gasteiger partial charge < -0.3 is 19.9 Å². The van der Waals surface area contributed by atoms with E-state index in [0.717, 1.165) is 16.9 Å². The van der Waals surface area contributed by atoms with E-state index in [1.165, 1.54) is 10.9 Å². The maximum absolute atomic E-state index is 13.1. The molecule has 0 saturated heterocycles. The molecule has 5 heteroatoms. The van der Waals surface area contributed by atoms with E-state index in [4.69, 9.17) is 0 Å². The molecule has 1 unspecified atom stereocenters. The molecular formula is C21H23N3O2. The van der Waals surface area contributed by atoms with Crippen LogP contribution in [0, 0.1) is 0 Å². The van der Waals surface area contributed by atoms with Crippen molar-refractivity contribution in [2.75, 3.05) is 25.6 Å². The molecule has 4 rings (SSSR count). The Labute approximate surface area is 152 Å². The second-order valence-electron chi connectivity index (χ2n) is 7.04. The number of nitrogens with one attached hydrogen (secondary N) is 1. The molecule has 2 aromatic carbocycles. The second kappa shape index (κ2) is 6.50. The number of H-pyrrole nitrogens is 1. The van der Waals surface area contributed by atoms with Crippen LogP contribution in [0.3, 0.4) is 0 Å². The van der Waals surface area contributed by atoms with Gasteiger partial charge in [-0.1, -0.05) is 18.2 Å². The van der Waals surface area contributed by atoms with Gasteiger partial charge in [-0.15, -0.1) is 0 Å². The lowest BCUT2D eigenvalue weighted by Gasteiger charge is -2.35. The smallest absolute Gasteiger partial charge is 0.254 e. The molecule has 0 radical (unpaired) electrons. The Balaban J connectivity index is 1.66. The molecule has 0 spiro atoms. The van der Waals surface area contributed by atoms with Crippen molar-refractivity contribution >= 4 is 22.5 Å². The third-order valence-corrected chi connectivity index (χ3v) is 5.21. The number of rotatable bonds is 3. The lowest BCUT2D eigenvalue weighted by atomic mass is 9.96. The number of aliphatic hydroxyl groups is 1. The highest BCUT2D eigenvalue weighted by Gasteiger charge is 2.32.